The van der Waals surface area contributed by atoms with Gasteiger partial charge in [0.15, 0.2) is 0 Å². The topological polar surface area (TPSA) is 12.0 Å². The minimum absolute atomic E-state index is 0.261. The summed E-state index contributed by atoms with van der Waals surface area (Å²) in [5.41, 5.74) is 4.48. The van der Waals surface area contributed by atoms with Gasteiger partial charge in [-0.1, -0.05) is 54.6 Å². The van der Waals surface area contributed by atoms with Gasteiger partial charge < -0.3 is 5.32 Å². The molecule has 0 bridgehead atoms. The Morgan fingerprint density at radius 2 is 1.38 bits per heavy atom. The van der Waals surface area contributed by atoms with E-state index in [4.69, 9.17) is 0 Å². The summed E-state index contributed by atoms with van der Waals surface area (Å²) in [4.78, 5) is 0. The molecule has 0 fully saturated rings. The van der Waals surface area contributed by atoms with Crippen LogP contribution in [0.25, 0.3) is 16.3 Å². The van der Waals surface area contributed by atoms with E-state index in [0.717, 1.165) is 38.7 Å². The molecule has 1 N–H and O–H groups in total. The third-order valence-corrected chi connectivity index (χ3v) is 5.62. The van der Waals surface area contributed by atoms with Gasteiger partial charge in [0.1, 0.15) is 11.6 Å². The normalized spacial score (nSPS) is 18.1. The first-order valence-electron chi connectivity index (χ1n) is 9.59. The molecular weight excluding hydrogens is 364 g/mol. The third kappa shape index (κ3) is 2.99. The summed E-state index contributed by atoms with van der Waals surface area (Å²) in [7, 11) is 0. The lowest BCUT2D eigenvalue weighted by molar-refractivity contribution is 0.622. The van der Waals surface area contributed by atoms with Crippen molar-refractivity contribution >= 4 is 22.0 Å². The van der Waals surface area contributed by atoms with Crippen LogP contribution in [0.15, 0.2) is 91.0 Å². The number of nitrogens with one attached hydrogen (secondary N) is 1. The molecule has 5 rings (SSSR count). The predicted octanol–water partition coefficient (Wildman–Crippen LogP) is 6.89. The van der Waals surface area contributed by atoms with Crippen LogP contribution < -0.4 is 5.32 Å². The molecule has 0 spiro atoms. The number of benzene rings is 4. The zero-order chi connectivity index (χ0) is 20.0. The number of halogens is 2. The lowest BCUT2D eigenvalue weighted by atomic mass is 9.80. The van der Waals surface area contributed by atoms with Gasteiger partial charge in [-0.3, -0.25) is 0 Å². The van der Waals surface area contributed by atoms with E-state index < -0.39 is 5.54 Å². The highest BCUT2D eigenvalue weighted by atomic mass is 19.1. The highest BCUT2D eigenvalue weighted by Gasteiger charge is 2.31. The van der Waals surface area contributed by atoms with E-state index >= 15 is 0 Å². The molecule has 3 heteroatoms. The van der Waals surface area contributed by atoms with E-state index in [2.05, 4.69) is 42.6 Å². The van der Waals surface area contributed by atoms with Crippen LogP contribution in [0.4, 0.5) is 14.5 Å². The van der Waals surface area contributed by atoms with E-state index in [9.17, 15) is 8.78 Å². The van der Waals surface area contributed by atoms with Crippen LogP contribution in [0.5, 0.6) is 0 Å². The monoisotopic (exact) mass is 383 g/mol. The highest BCUT2D eigenvalue weighted by molar-refractivity contribution is 6.04. The van der Waals surface area contributed by atoms with Crippen LogP contribution in [0.1, 0.15) is 23.6 Å². The molecule has 0 radical (unpaired) electrons. The van der Waals surface area contributed by atoms with Crippen molar-refractivity contribution < 1.29 is 8.78 Å². The first-order chi connectivity index (χ1) is 14.0. The average molecular weight is 383 g/mol. The average Bonchev–Trinajstić information content (AvgIpc) is 2.74. The molecule has 142 valence electrons. The standard InChI is InChI=1S/C26H19F2N/c1-26(19-9-13-21(28)14-10-19)16-23(18-6-11-20(27)12-7-18)25-22-5-3-2-4-17(22)8-15-24(25)29-26/h2-16,29H,1H3. The smallest absolute Gasteiger partial charge is 0.123 e. The summed E-state index contributed by atoms with van der Waals surface area (Å²) in [5, 5.41) is 5.92. The molecule has 1 atom stereocenters. The van der Waals surface area contributed by atoms with Crippen molar-refractivity contribution in [1.29, 1.82) is 0 Å². The molecule has 0 amide bonds. The minimum atomic E-state index is -0.535. The van der Waals surface area contributed by atoms with Gasteiger partial charge in [-0.05, 0) is 70.8 Å². The van der Waals surface area contributed by atoms with Crippen LogP contribution in [0, 0.1) is 11.6 Å². The second-order valence-corrected chi connectivity index (χ2v) is 7.61. The van der Waals surface area contributed by atoms with Crippen LogP contribution in [0.2, 0.25) is 0 Å². The molecule has 1 aliphatic heterocycles. The SMILES string of the molecule is CC1(c2ccc(F)cc2)C=C(c2ccc(F)cc2)c2c(ccc3ccccc23)N1. The predicted molar refractivity (Wildman–Crippen MR) is 115 cm³/mol. The first-order valence-corrected chi connectivity index (χ1v) is 9.59. The number of hydrogen-bond acceptors (Lipinski definition) is 1. The van der Waals surface area contributed by atoms with Crippen molar-refractivity contribution in [3.8, 4) is 0 Å². The van der Waals surface area contributed by atoms with Crippen LogP contribution >= 0.6 is 0 Å². The van der Waals surface area contributed by atoms with Gasteiger partial charge in [-0.15, -0.1) is 0 Å². The maximum atomic E-state index is 13.6. The fraction of sp³-hybridized carbons (Fsp3) is 0.0769. The van der Waals surface area contributed by atoms with Gasteiger partial charge in [0.25, 0.3) is 0 Å². The van der Waals surface area contributed by atoms with Crippen molar-refractivity contribution in [2.75, 3.05) is 5.32 Å². The largest absolute Gasteiger partial charge is 0.372 e. The quantitative estimate of drug-likeness (QED) is 0.397. The molecule has 1 heterocycles. The van der Waals surface area contributed by atoms with Crippen molar-refractivity contribution in [3.63, 3.8) is 0 Å². The maximum absolute atomic E-state index is 13.6. The lowest BCUT2D eigenvalue weighted by Crippen LogP contribution is -2.33. The van der Waals surface area contributed by atoms with E-state index in [0.29, 0.717) is 0 Å². The van der Waals surface area contributed by atoms with E-state index in [-0.39, 0.29) is 11.6 Å². The lowest BCUT2D eigenvalue weighted by Gasteiger charge is -2.36. The van der Waals surface area contributed by atoms with Crippen molar-refractivity contribution in [2.24, 2.45) is 0 Å². The van der Waals surface area contributed by atoms with Crippen molar-refractivity contribution in [1.82, 2.24) is 0 Å². The van der Waals surface area contributed by atoms with E-state index in [1.54, 1.807) is 12.1 Å². The van der Waals surface area contributed by atoms with Crippen molar-refractivity contribution in [2.45, 2.75) is 12.5 Å². The Hall–Kier alpha value is -3.46. The summed E-state index contributed by atoms with van der Waals surface area (Å²) in [6.07, 6.45) is 2.16. The molecule has 1 nitrogen and oxygen atoms in total. The summed E-state index contributed by atoms with van der Waals surface area (Å²) in [6.45, 7) is 2.07. The Morgan fingerprint density at radius 1 is 0.724 bits per heavy atom. The van der Waals surface area contributed by atoms with E-state index in [1.165, 1.54) is 24.3 Å². The van der Waals surface area contributed by atoms with E-state index in [1.807, 2.05) is 24.3 Å². The Kier molecular flexibility index (Phi) is 3.99. The van der Waals surface area contributed by atoms with Gasteiger partial charge in [-0.2, -0.15) is 0 Å². The van der Waals surface area contributed by atoms with Gasteiger partial charge in [0, 0.05) is 11.3 Å². The molecule has 0 aromatic heterocycles. The summed E-state index contributed by atoms with van der Waals surface area (Å²) in [6, 6.07) is 25.6. The third-order valence-electron chi connectivity index (χ3n) is 5.62. The number of anilines is 1. The van der Waals surface area contributed by atoms with Crippen LogP contribution in [-0.4, -0.2) is 0 Å². The fourth-order valence-electron chi connectivity index (χ4n) is 4.15. The number of hydrogen-bond donors (Lipinski definition) is 1. The van der Waals surface area contributed by atoms with Gasteiger partial charge in [0.2, 0.25) is 0 Å². The molecule has 1 unspecified atom stereocenters. The molecule has 1 aliphatic rings. The van der Waals surface area contributed by atoms with Gasteiger partial charge in [0.05, 0.1) is 5.54 Å². The van der Waals surface area contributed by atoms with Crippen LogP contribution in [-0.2, 0) is 5.54 Å². The highest BCUT2D eigenvalue weighted by Crippen LogP contribution is 2.44. The van der Waals surface area contributed by atoms with Crippen LogP contribution in [0.3, 0.4) is 0 Å². The van der Waals surface area contributed by atoms with Gasteiger partial charge in [-0.25, -0.2) is 8.78 Å². The molecule has 4 aromatic carbocycles. The Bertz CT molecular complexity index is 1240. The molecule has 29 heavy (non-hydrogen) atoms. The second kappa shape index (κ2) is 6.56. The molecule has 4 aromatic rings. The number of fused-ring (bicyclic) bond motifs is 3. The fourth-order valence-corrected chi connectivity index (χ4v) is 4.15. The molecule has 0 saturated heterocycles. The molecule has 0 saturated carbocycles. The number of rotatable bonds is 2. The Morgan fingerprint density at radius 3 is 2.10 bits per heavy atom. The zero-order valence-corrected chi connectivity index (χ0v) is 15.9. The first kappa shape index (κ1) is 17.6. The molecular formula is C26H19F2N. The Labute approximate surface area is 168 Å². The summed E-state index contributed by atoms with van der Waals surface area (Å²) >= 11 is 0. The van der Waals surface area contributed by atoms with Crippen molar-refractivity contribution in [3.05, 3.63) is 119 Å². The molecule has 0 aliphatic carbocycles. The summed E-state index contributed by atoms with van der Waals surface area (Å²) in [5.74, 6) is -0.523. The second-order valence-electron chi connectivity index (χ2n) is 7.61. The maximum Gasteiger partial charge on any atom is 0.123 e. The summed E-state index contributed by atoms with van der Waals surface area (Å²) < 4.78 is 27.1. The van der Waals surface area contributed by atoms with Gasteiger partial charge >= 0.3 is 0 Å². The Balaban J connectivity index is 1.79. The zero-order valence-electron chi connectivity index (χ0n) is 15.9. The minimum Gasteiger partial charge on any atom is -0.372 e.